The van der Waals surface area contributed by atoms with Crippen molar-refractivity contribution in [1.82, 2.24) is 10.3 Å². The van der Waals surface area contributed by atoms with E-state index in [1.807, 2.05) is 66.7 Å². The van der Waals surface area contributed by atoms with Crippen molar-refractivity contribution in [3.63, 3.8) is 0 Å². The van der Waals surface area contributed by atoms with Gasteiger partial charge in [-0.15, -0.1) is 0 Å². The molecule has 1 heterocycles. The number of ether oxygens (including phenoxy) is 1. The topological polar surface area (TPSA) is 66.2 Å². The minimum absolute atomic E-state index is 0.0367. The summed E-state index contributed by atoms with van der Waals surface area (Å²) in [4.78, 5) is 15.7. The SMILES string of the molecule is CCCC(CNCc1cccc(Oc2ccccc2)c1)CNc1cc(=O)c2ccccc2[nH]1. The molecule has 170 valence electrons. The maximum Gasteiger partial charge on any atom is 0.191 e. The molecule has 0 radical (unpaired) electrons. The van der Waals surface area contributed by atoms with Crippen LogP contribution in [0.1, 0.15) is 25.3 Å². The zero-order chi connectivity index (χ0) is 22.9. The molecule has 0 spiro atoms. The van der Waals surface area contributed by atoms with Gasteiger partial charge >= 0.3 is 0 Å². The van der Waals surface area contributed by atoms with Crippen LogP contribution in [0.5, 0.6) is 11.5 Å². The van der Waals surface area contributed by atoms with Crippen LogP contribution in [0.4, 0.5) is 5.82 Å². The van der Waals surface area contributed by atoms with Crippen LogP contribution in [0, 0.1) is 5.92 Å². The van der Waals surface area contributed by atoms with Crippen LogP contribution in [0.25, 0.3) is 10.9 Å². The van der Waals surface area contributed by atoms with Crippen LogP contribution in [0.2, 0.25) is 0 Å². The maximum atomic E-state index is 12.4. The van der Waals surface area contributed by atoms with E-state index in [-0.39, 0.29) is 5.43 Å². The molecule has 1 aromatic heterocycles. The Morgan fingerprint density at radius 3 is 2.52 bits per heavy atom. The van der Waals surface area contributed by atoms with Gasteiger partial charge in [0.2, 0.25) is 0 Å². The summed E-state index contributed by atoms with van der Waals surface area (Å²) in [7, 11) is 0. The minimum Gasteiger partial charge on any atom is -0.457 e. The third-order valence-electron chi connectivity index (χ3n) is 5.65. The van der Waals surface area contributed by atoms with E-state index in [4.69, 9.17) is 4.74 Å². The molecule has 1 unspecified atom stereocenters. The first-order valence-electron chi connectivity index (χ1n) is 11.6. The molecule has 0 aliphatic heterocycles. The first-order chi connectivity index (χ1) is 16.2. The Morgan fingerprint density at radius 1 is 0.879 bits per heavy atom. The van der Waals surface area contributed by atoms with Crippen LogP contribution >= 0.6 is 0 Å². The van der Waals surface area contributed by atoms with E-state index < -0.39 is 0 Å². The van der Waals surface area contributed by atoms with Gasteiger partial charge in [-0.05, 0) is 60.8 Å². The third kappa shape index (κ3) is 6.46. The number of benzene rings is 3. The summed E-state index contributed by atoms with van der Waals surface area (Å²) >= 11 is 0. The number of rotatable bonds is 11. The fraction of sp³-hybridized carbons (Fsp3) is 0.250. The number of fused-ring (bicyclic) bond motifs is 1. The quantitative estimate of drug-likeness (QED) is 0.270. The smallest absolute Gasteiger partial charge is 0.191 e. The normalized spacial score (nSPS) is 11.9. The minimum atomic E-state index is 0.0367. The average molecular weight is 442 g/mol. The van der Waals surface area contributed by atoms with Crippen molar-refractivity contribution in [2.45, 2.75) is 26.3 Å². The fourth-order valence-electron chi connectivity index (χ4n) is 4.00. The van der Waals surface area contributed by atoms with Crippen LogP contribution < -0.4 is 20.8 Å². The predicted octanol–water partition coefficient (Wildman–Crippen LogP) is 5.94. The summed E-state index contributed by atoms with van der Waals surface area (Å²) in [6.45, 7) is 4.67. The molecular formula is C28H31N3O2. The van der Waals surface area contributed by atoms with Crippen molar-refractivity contribution in [2.24, 2.45) is 5.92 Å². The standard InChI is InChI=1S/C28H31N3O2/c1-2-9-22(20-30-28-17-27(32)25-14-6-7-15-26(25)31-28)19-29-18-21-10-8-13-24(16-21)33-23-11-4-3-5-12-23/h3-8,10-17,22,29H,2,9,18-20H2,1H3,(H2,30,31,32). The zero-order valence-corrected chi connectivity index (χ0v) is 19.0. The Hall–Kier alpha value is -3.57. The highest BCUT2D eigenvalue weighted by Crippen LogP contribution is 2.22. The molecule has 0 fully saturated rings. The lowest BCUT2D eigenvalue weighted by Gasteiger charge is -2.19. The molecule has 0 bridgehead atoms. The molecule has 1 atom stereocenters. The summed E-state index contributed by atoms with van der Waals surface area (Å²) in [6.07, 6.45) is 2.22. The number of aromatic amines is 1. The molecule has 0 amide bonds. The molecule has 0 saturated heterocycles. The Bertz CT molecular complexity index is 1220. The Kier molecular flexibility index (Phi) is 7.77. The van der Waals surface area contributed by atoms with Gasteiger partial charge in [-0.3, -0.25) is 4.79 Å². The summed E-state index contributed by atoms with van der Waals surface area (Å²) < 4.78 is 5.95. The molecular weight excluding hydrogens is 410 g/mol. The largest absolute Gasteiger partial charge is 0.457 e. The number of nitrogens with one attached hydrogen (secondary N) is 3. The van der Waals surface area contributed by atoms with Crippen molar-refractivity contribution in [3.05, 3.63) is 101 Å². The Labute approximate surface area is 194 Å². The van der Waals surface area contributed by atoms with Gasteiger partial charge < -0.3 is 20.4 Å². The van der Waals surface area contributed by atoms with E-state index >= 15 is 0 Å². The highest BCUT2D eigenvalue weighted by atomic mass is 16.5. The van der Waals surface area contributed by atoms with Crippen molar-refractivity contribution in [3.8, 4) is 11.5 Å². The molecule has 3 aromatic carbocycles. The number of H-pyrrole nitrogens is 1. The van der Waals surface area contributed by atoms with Gasteiger partial charge in [0.1, 0.15) is 17.3 Å². The molecule has 5 heteroatoms. The van der Waals surface area contributed by atoms with Crippen LogP contribution in [0.3, 0.4) is 0 Å². The van der Waals surface area contributed by atoms with Crippen LogP contribution in [-0.4, -0.2) is 18.1 Å². The monoisotopic (exact) mass is 441 g/mol. The molecule has 0 aliphatic rings. The summed E-state index contributed by atoms with van der Waals surface area (Å²) in [5.74, 6) is 2.90. The van der Waals surface area contributed by atoms with Crippen LogP contribution in [0.15, 0.2) is 89.7 Å². The first-order valence-corrected chi connectivity index (χ1v) is 11.6. The number of hydrogen-bond acceptors (Lipinski definition) is 4. The lowest BCUT2D eigenvalue weighted by Crippen LogP contribution is -2.28. The number of anilines is 1. The van der Waals surface area contributed by atoms with Gasteiger partial charge in [-0.1, -0.05) is 55.8 Å². The lowest BCUT2D eigenvalue weighted by atomic mass is 10.0. The van der Waals surface area contributed by atoms with Crippen molar-refractivity contribution in [1.29, 1.82) is 0 Å². The first kappa shape index (κ1) is 22.6. The van der Waals surface area contributed by atoms with E-state index in [1.165, 1.54) is 5.56 Å². The number of aromatic nitrogens is 1. The second kappa shape index (κ2) is 11.3. The second-order valence-electron chi connectivity index (χ2n) is 8.32. The van der Waals surface area contributed by atoms with Gasteiger partial charge in [0, 0.05) is 24.5 Å². The molecule has 4 aromatic rings. The van der Waals surface area contributed by atoms with Gasteiger partial charge in [-0.2, -0.15) is 0 Å². The molecule has 0 saturated carbocycles. The summed E-state index contributed by atoms with van der Waals surface area (Å²) in [6, 6.07) is 27.3. The van der Waals surface area contributed by atoms with Crippen LogP contribution in [-0.2, 0) is 6.54 Å². The number of para-hydroxylation sites is 2. The summed E-state index contributed by atoms with van der Waals surface area (Å²) in [5.41, 5.74) is 2.08. The average Bonchev–Trinajstić information content (AvgIpc) is 2.83. The van der Waals surface area contributed by atoms with E-state index in [1.54, 1.807) is 6.07 Å². The molecule has 0 aliphatic carbocycles. The van der Waals surface area contributed by atoms with E-state index in [9.17, 15) is 4.79 Å². The van der Waals surface area contributed by atoms with E-state index in [0.717, 1.165) is 55.3 Å². The molecule has 5 nitrogen and oxygen atoms in total. The van der Waals surface area contributed by atoms with Gasteiger partial charge in [-0.25, -0.2) is 0 Å². The van der Waals surface area contributed by atoms with Gasteiger partial charge in [0.05, 0.1) is 5.52 Å². The molecule has 33 heavy (non-hydrogen) atoms. The zero-order valence-electron chi connectivity index (χ0n) is 19.0. The van der Waals surface area contributed by atoms with Crippen molar-refractivity contribution < 1.29 is 4.74 Å². The van der Waals surface area contributed by atoms with E-state index in [0.29, 0.717) is 11.3 Å². The highest BCUT2D eigenvalue weighted by molar-refractivity contribution is 5.79. The fourth-order valence-corrected chi connectivity index (χ4v) is 4.00. The van der Waals surface area contributed by atoms with E-state index in [2.05, 4.69) is 34.7 Å². The number of pyridine rings is 1. The highest BCUT2D eigenvalue weighted by Gasteiger charge is 2.09. The summed E-state index contributed by atoms with van der Waals surface area (Å²) in [5, 5.41) is 7.74. The number of hydrogen-bond donors (Lipinski definition) is 3. The lowest BCUT2D eigenvalue weighted by molar-refractivity contribution is 0.457. The molecule has 4 rings (SSSR count). The maximum absolute atomic E-state index is 12.4. The van der Waals surface area contributed by atoms with Crippen molar-refractivity contribution in [2.75, 3.05) is 18.4 Å². The predicted molar refractivity (Wildman–Crippen MR) is 136 cm³/mol. The van der Waals surface area contributed by atoms with Gasteiger partial charge in [0.15, 0.2) is 5.43 Å². The Morgan fingerprint density at radius 2 is 1.67 bits per heavy atom. The Balaban J connectivity index is 1.31. The van der Waals surface area contributed by atoms with Gasteiger partial charge in [0.25, 0.3) is 0 Å². The van der Waals surface area contributed by atoms with Crippen molar-refractivity contribution >= 4 is 16.7 Å². The third-order valence-corrected chi connectivity index (χ3v) is 5.65. The second-order valence-corrected chi connectivity index (χ2v) is 8.32. The molecule has 3 N–H and O–H groups in total.